The number of fused-ring (bicyclic) bond motifs is 1. The van der Waals surface area contributed by atoms with Crippen molar-refractivity contribution in [2.24, 2.45) is 0 Å². The maximum absolute atomic E-state index is 12.3. The number of benzene rings is 1. The number of halogens is 1. The zero-order valence-electron chi connectivity index (χ0n) is 11.2. The SMILES string of the molecule is O=CC(N1CCC(O)CC1)n1c(=O)sc2ccc(Cl)cc21. The van der Waals surface area contributed by atoms with Gasteiger partial charge in [-0.2, -0.15) is 0 Å². The van der Waals surface area contributed by atoms with Gasteiger partial charge in [-0.15, -0.1) is 0 Å². The molecule has 0 spiro atoms. The maximum Gasteiger partial charge on any atom is 0.309 e. The second-order valence-corrected chi connectivity index (χ2v) is 6.60. The molecule has 5 nitrogen and oxygen atoms in total. The van der Waals surface area contributed by atoms with Gasteiger partial charge in [-0.05, 0) is 31.0 Å². The van der Waals surface area contributed by atoms with Crippen LogP contribution in [0.3, 0.4) is 0 Å². The zero-order chi connectivity index (χ0) is 15.0. The molecule has 2 aromatic rings. The van der Waals surface area contributed by atoms with Gasteiger partial charge in [0.2, 0.25) is 0 Å². The first-order valence-electron chi connectivity index (χ1n) is 6.78. The van der Waals surface area contributed by atoms with Crippen molar-refractivity contribution in [2.75, 3.05) is 13.1 Å². The van der Waals surface area contributed by atoms with Gasteiger partial charge in [-0.25, -0.2) is 0 Å². The first-order valence-corrected chi connectivity index (χ1v) is 7.97. The summed E-state index contributed by atoms with van der Waals surface area (Å²) < 4.78 is 2.31. The number of carbonyl (C=O) groups is 1. The van der Waals surface area contributed by atoms with E-state index in [0.29, 0.717) is 36.5 Å². The molecule has 7 heteroatoms. The highest BCUT2D eigenvalue weighted by Crippen LogP contribution is 2.26. The standard InChI is InChI=1S/C14H15ClN2O3S/c15-9-1-2-12-11(7-9)17(14(20)21-12)13(8-18)16-5-3-10(19)4-6-16/h1-2,7-8,10,13,19H,3-6H2. The molecule has 0 saturated carbocycles. The van der Waals surface area contributed by atoms with Crippen molar-refractivity contribution >= 4 is 39.4 Å². The lowest BCUT2D eigenvalue weighted by Crippen LogP contribution is -2.43. The minimum absolute atomic E-state index is 0.171. The Kier molecular flexibility index (Phi) is 4.12. The Balaban J connectivity index is 2.04. The van der Waals surface area contributed by atoms with Crippen LogP contribution < -0.4 is 4.87 Å². The summed E-state index contributed by atoms with van der Waals surface area (Å²) in [6.07, 6.45) is 1.05. The van der Waals surface area contributed by atoms with Crippen molar-refractivity contribution in [3.05, 3.63) is 32.9 Å². The summed E-state index contributed by atoms with van der Waals surface area (Å²) >= 11 is 7.12. The summed E-state index contributed by atoms with van der Waals surface area (Å²) in [7, 11) is 0. The second-order valence-electron chi connectivity index (χ2n) is 5.17. The van der Waals surface area contributed by atoms with E-state index in [0.717, 1.165) is 22.3 Å². The highest BCUT2D eigenvalue weighted by molar-refractivity contribution is 7.16. The fourth-order valence-corrected chi connectivity index (χ4v) is 3.77. The Morgan fingerprint density at radius 2 is 2.10 bits per heavy atom. The van der Waals surface area contributed by atoms with Gasteiger partial charge in [-0.1, -0.05) is 22.9 Å². The van der Waals surface area contributed by atoms with Crippen LogP contribution in [0.5, 0.6) is 0 Å². The molecule has 1 aliphatic rings. The molecule has 2 heterocycles. The van der Waals surface area contributed by atoms with E-state index in [2.05, 4.69) is 0 Å². The van der Waals surface area contributed by atoms with E-state index < -0.39 is 6.17 Å². The summed E-state index contributed by atoms with van der Waals surface area (Å²) in [6, 6.07) is 5.24. The molecule has 1 saturated heterocycles. The van der Waals surface area contributed by atoms with E-state index >= 15 is 0 Å². The van der Waals surface area contributed by atoms with Crippen LogP contribution in [0.25, 0.3) is 10.2 Å². The quantitative estimate of drug-likeness (QED) is 0.875. The van der Waals surface area contributed by atoms with Gasteiger partial charge in [0.15, 0.2) is 6.29 Å². The van der Waals surface area contributed by atoms with Crippen molar-refractivity contribution in [3.8, 4) is 0 Å². The molecule has 21 heavy (non-hydrogen) atoms. The van der Waals surface area contributed by atoms with Crippen LogP contribution in [0.4, 0.5) is 0 Å². The summed E-state index contributed by atoms with van der Waals surface area (Å²) in [5, 5.41) is 10.1. The number of aromatic nitrogens is 1. The summed E-state index contributed by atoms with van der Waals surface area (Å²) in [6.45, 7) is 1.18. The lowest BCUT2D eigenvalue weighted by Gasteiger charge is -2.33. The largest absolute Gasteiger partial charge is 0.393 e. The van der Waals surface area contributed by atoms with Crippen LogP contribution >= 0.6 is 22.9 Å². The molecule has 0 amide bonds. The van der Waals surface area contributed by atoms with Gasteiger partial charge in [0.25, 0.3) is 0 Å². The first kappa shape index (κ1) is 14.7. The van der Waals surface area contributed by atoms with Crippen molar-refractivity contribution in [2.45, 2.75) is 25.1 Å². The van der Waals surface area contributed by atoms with E-state index in [9.17, 15) is 14.7 Å². The predicted molar refractivity (Wildman–Crippen MR) is 83.0 cm³/mol. The van der Waals surface area contributed by atoms with Crippen LogP contribution in [0.1, 0.15) is 19.0 Å². The number of aliphatic hydroxyl groups is 1. The molecule has 1 unspecified atom stereocenters. The normalized spacial score (nSPS) is 19.0. The van der Waals surface area contributed by atoms with Crippen LogP contribution in [0.15, 0.2) is 23.0 Å². The Morgan fingerprint density at radius 3 is 2.76 bits per heavy atom. The summed E-state index contributed by atoms with van der Waals surface area (Å²) in [5.41, 5.74) is 0.681. The van der Waals surface area contributed by atoms with E-state index in [1.807, 2.05) is 4.90 Å². The Bertz CT molecular complexity index is 719. The third-order valence-electron chi connectivity index (χ3n) is 3.83. The van der Waals surface area contributed by atoms with Crippen LogP contribution in [-0.4, -0.2) is 40.1 Å². The molecule has 1 aromatic carbocycles. The molecular formula is C14H15ClN2O3S. The minimum atomic E-state index is -0.641. The van der Waals surface area contributed by atoms with Gasteiger partial charge in [0.05, 0.1) is 16.3 Å². The number of carbonyl (C=O) groups excluding carboxylic acids is 1. The van der Waals surface area contributed by atoms with Gasteiger partial charge >= 0.3 is 4.87 Å². The monoisotopic (exact) mass is 326 g/mol. The molecule has 112 valence electrons. The zero-order valence-corrected chi connectivity index (χ0v) is 12.8. The highest BCUT2D eigenvalue weighted by atomic mass is 35.5. The summed E-state index contributed by atoms with van der Waals surface area (Å²) in [5.74, 6) is 0. The Hall–Kier alpha value is -1.21. The number of nitrogens with zero attached hydrogens (tertiary/aromatic N) is 2. The van der Waals surface area contributed by atoms with Crippen molar-refractivity contribution in [1.82, 2.24) is 9.47 Å². The Labute approximate surface area is 130 Å². The van der Waals surface area contributed by atoms with E-state index in [-0.39, 0.29) is 11.0 Å². The van der Waals surface area contributed by atoms with Gasteiger partial charge in [0, 0.05) is 18.1 Å². The smallest absolute Gasteiger partial charge is 0.309 e. The average molecular weight is 327 g/mol. The number of thiazole rings is 1. The summed E-state index contributed by atoms with van der Waals surface area (Å²) in [4.78, 5) is 25.6. The maximum atomic E-state index is 12.3. The van der Waals surface area contributed by atoms with Crippen LogP contribution in [-0.2, 0) is 4.79 Å². The average Bonchev–Trinajstić information content (AvgIpc) is 2.78. The number of aldehydes is 1. The molecule has 1 fully saturated rings. The van der Waals surface area contributed by atoms with Crippen LogP contribution in [0.2, 0.25) is 5.02 Å². The van der Waals surface area contributed by atoms with Crippen molar-refractivity contribution in [3.63, 3.8) is 0 Å². The lowest BCUT2D eigenvalue weighted by molar-refractivity contribution is -0.116. The topological polar surface area (TPSA) is 62.5 Å². The van der Waals surface area contributed by atoms with E-state index in [1.165, 1.54) is 4.57 Å². The number of likely N-dealkylation sites (tertiary alicyclic amines) is 1. The van der Waals surface area contributed by atoms with Crippen molar-refractivity contribution in [1.29, 1.82) is 0 Å². The first-order chi connectivity index (χ1) is 10.1. The van der Waals surface area contributed by atoms with E-state index in [1.54, 1.807) is 18.2 Å². The molecule has 0 bridgehead atoms. The van der Waals surface area contributed by atoms with Crippen molar-refractivity contribution < 1.29 is 9.90 Å². The number of hydrogen-bond donors (Lipinski definition) is 1. The molecule has 1 aromatic heterocycles. The van der Waals surface area contributed by atoms with E-state index in [4.69, 9.17) is 11.6 Å². The van der Waals surface area contributed by atoms with Crippen LogP contribution in [0, 0.1) is 0 Å². The number of rotatable bonds is 3. The number of hydrogen-bond acceptors (Lipinski definition) is 5. The molecule has 0 aliphatic carbocycles. The molecule has 0 radical (unpaired) electrons. The number of aliphatic hydroxyl groups excluding tert-OH is 1. The van der Waals surface area contributed by atoms with Gasteiger partial charge < -0.3 is 5.11 Å². The second kappa shape index (κ2) is 5.88. The third kappa shape index (κ3) is 2.76. The molecule has 3 rings (SSSR count). The number of piperidine rings is 1. The predicted octanol–water partition coefficient (Wildman–Crippen LogP) is 1.87. The molecule has 1 N–H and O–H groups in total. The van der Waals surface area contributed by atoms with Gasteiger partial charge in [0.1, 0.15) is 6.17 Å². The highest BCUT2D eigenvalue weighted by Gasteiger charge is 2.27. The fourth-order valence-electron chi connectivity index (χ4n) is 2.72. The fraction of sp³-hybridized carbons (Fsp3) is 0.429. The molecule has 1 atom stereocenters. The molecular weight excluding hydrogens is 312 g/mol. The minimum Gasteiger partial charge on any atom is -0.393 e. The Morgan fingerprint density at radius 1 is 1.38 bits per heavy atom. The van der Waals surface area contributed by atoms with Gasteiger partial charge in [-0.3, -0.25) is 19.1 Å². The third-order valence-corrected chi connectivity index (χ3v) is 5.01. The molecule has 1 aliphatic heterocycles. The lowest BCUT2D eigenvalue weighted by atomic mass is 10.1.